The third-order valence-corrected chi connectivity index (χ3v) is 8.80. The minimum Gasteiger partial charge on any atom is -0.354 e. The number of rotatable bonds is 11. The summed E-state index contributed by atoms with van der Waals surface area (Å²) in [6, 6.07) is 12.9. The highest BCUT2D eigenvalue weighted by Gasteiger charge is 2.35. The van der Waals surface area contributed by atoms with Gasteiger partial charge in [0.05, 0.1) is 16.1 Å². The van der Waals surface area contributed by atoms with Gasteiger partial charge in [0.2, 0.25) is 11.8 Å². The molecule has 0 saturated heterocycles. The maximum Gasteiger partial charge on any atom is 0.416 e. The van der Waals surface area contributed by atoms with E-state index in [9.17, 15) is 31.2 Å². The Kier molecular flexibility index (Phi) is 10.9. The first-order valence-electron chi connectivity index (χ1n) is 12.9. The molecule has 2 amide bonds. The van der Waals surface area contributed by atoms with Crippen molar-refractivity contribution in [1.82, 2.24) is 10.2 Å². The number of nitrogens with one attached hydrogen (secondary N) is 1. The lowest BCUT2D eigenvalue weighted by molar-refractivity contribution is -0.139. The van der Waals surface area contributed by atoms with Crippen molar-refractivity contribution in [2.45, 2.75) is 50.9 Å². The summed E-state index contributed by atoms with van der Waals surface area (Å²) in [5.41, 5.74) is -0.273. The SMILES string of the molecule is CCCNC(=O)[C@H](C)N(Cc1ccc(Cl)cc1Cl)C(=O)CN(c1cccc(C(F)(F)F)c1)S(=O)(=O)c1ccc(C)cc1. The number of anilines is 1. The normalized spacial score (nSPS) is 12.5. The van der Waals surface area contributed by atoms with Crippen LogP contribution in [0, 0.1) is 6.92 Å². The topological polar surface area (TPSA) is 86.8 Å². The van der Waals surface area contributed by atoms with E-state index in [2.05, 4.69) is 5.32 Å². The van der Waals surface area contributed by atoms with Crippen molar-refractivity contribution in [3.8, 4) is 0 Å². The van der Waals surface area contributed by atoms with Gasteiger partial charge < -0.3 is 10.2 Å². The van der Waals surface area contributed by atoms with Gasteiger partial charge in [-0.25, -0.2) is 8.42 Å². The highest BCUT2D eigenvalue weighted by atomic mass is 35.5. The van der Waals surface area contributed by atoms with Crippen LogP contribution in [-0.4, -0.2) is 44.3 Å². The fraction of sp³-hybridized carbons (Fsp3) is 0.310. The Morgan fingerprint density at radius 3 is 2.26 bits per heavy atom. The van der Waals surface area contributed by atoms with Crippen LogP contribution in [-0.2, 0) is 32.3 Å². The molecular weight excluding hydrogens is 614 g/mol. The molecule has 0 fully saturated rings. The molecule has 7 nitrogen and oxygen atoms in total. The van der Waals surface area contributed by atoms with Crippen molar-refractivity contribution in [2.75, 3.05) is 17.4 Å². The molecule has 42 heavy (non-hydrogen) atoms. The summed E-state index contributed by atoms with van der Waals surface area (Å²) >= 11 is 12.3. The molecule has 0 bridgehead atoms. The molecule has 3 aromatic rings. The fourth-order valence-electron chi connectivity index (χ4n) is 4.02. The predicted molar refractivity (Wildman–Crippen MR) is 157 cm³/mol. The standard InChI is InChI=1S/C29H30Cl2F3N3O4S/c1-4-14-35-28(39)20(3)36(17-21-10-11-23(30)16-26(21)31)27(38)18-37(24-7-5-6-22(15-24)29(32,33)34)42(40,41)25-12-8-19(2)9-13-25/h5-13,15-16,20H,4,14,17-18H2,1-3H3,(H,35,39)/t20-/m0/s1. The van der Waals surface area contributed by atoms with Crippen LogP contribution >= 0.6 is 23.2 Å². The van der Waals surface area contributed by atoms with Gasteiger partial charge >= 0.3 is 6.18 Å². The van der Waals surface area contributed by atoms with Crippen LogP contribution in [0.3, 0.4) is 0 Å². The second-order valence-electron chi connectivity index (χ2n) is 9.60. The first-order valence-corrected chi connectivity index (χ1v) is 15.1. The van der Waals surface area contributed by atoms with E-state index in [0.717, 1.165) is 22.6 Å². The third-order valence-electron chi connectivity index (χ3n) is 6.42. The number of hydrogen-bond acceptors (Lipinski definition) is 4. The molecule has 0 aliphatic rings. The Labute approximate surface area is 253 Å². The molecule has 3 aromatic carbocycles. The molecular formula is C29H30Cl2F3N3O4S. The van der Waals surface area contributed by atoms with Crippen LogP contribution in [0.25, 0.3) is 0 Å². The van der Waals surface area contributed by atoms with E-state index in [0.29, 0.717) is 33.9 Å². The molecule has 0 unspecified atom stereocenters. The van der Waals surface area contributed by atoms with Gasteiger partial charge in [0.25, 0.3) is 10.0 Å². The first-order chi connectivity index (χ1) is 19.6. The smallest absolute Gasteiger partial charge is 0.354 e. The van der Waals surface area contributed by atoms with Gasteiger partial charge in [-0.15, -0.1) is 0 Å². The quantitative estimate of drug-likeness (QED) is 0.260. The minimum absolute atomic E-state index is 0.198. The zero-order valence-corrected chi connectivity index (χ0v) is 25.4. The molecule has 1 atom stereocenters. The molecule has 0 heterocycles. The van der Waals surface area contributed by atoms with Gasteiger partial charge in [0, 0.05) is 23.1 Å². The lowest BCUT2D eigenvalue weighted by atomic mass is 10.1. The lowest BCUT2D eigenvalue weighted by Crippen LogP contribution is -2.51. The molecule has 0 spiro atoms. The summed E-state index contributed by atoms with van der Waals surface area (Å²) < 4.78 is 69.0. The second-order valence-corrected chi connectivity index (χ2v) is 12.3. The molecule has 0 aliphatic heterocycles. The van der Waals surface area contributed by atoms with Crippen LogP contribution in [0.15, 0.2) is 71.6 Å². The first kappa shape index (κ1) is 33.2. The summed E-state index contributed by atoms with van der Waals surface area (Å²) in [5.74, 6) is -1.34. The van der Waals surface area contributed by atoms with Crippen LogP contribution in [0.1, 0.15) is 37.0 Å². The van der Waals surface area contributed by atoms with Gasteiger partial charge in [0.1, 0.15) is 12.6 Å². The van der Waals surface area contributed by atoms with E-state index in [-0.39, 0.29) is 22.2 Å². The van der Waals surface area contributed by atoms with E-state index < -0.39 is 46.2 Å². The van der Waals surface area contributed by atoms with Crippen molar-refractivity contribution >= 4 is 50.7 Å². The van der Waals surface area contributed by atoms with E-state index in [1.54, 1.807) is 19.1 Å². The molecule has 0 saturated carbocycles. The Morgan fingerprint density at radius 1 is 1.00 bits per heavy atom. The number of amides is 2. The predicted octanol–water partition coefficient (Wildman–Crippen LogP) is 6.46. The summed E-state index contributed by atoms with van der Waals surface area (Å²) in [6.07, 6.45) is -4.13. The number of carbonyl (C=O) groups excluding carboxylic acids is 2. The van der Waals surface area contributed by atoms with Gasteiger partial charge in [-0.2, -0.15) is 13.2 Å². The average Bonchev–Trinajstić information content (AvgIpc) is 2.93. The van der Waals surface area contributed by atoms with Crippen molar-refractivity contribution in [2.24, 2.45) is 0 Å². The van der Waals surface area contributed by atoms with Crippen molar-refractivity contribution in [3.05, 3.63) is 93.5 Å². The van der Waals surface area contributed by atoms with Crippen molar-refractivity contribution in [1.29, 1.82) is 0 Å². The molecule has 0 aromatic heterocycles. The number of benzene rings is 3. The van der Waals surface area contributed by atoms with Crippen molar-refractivity contribution < 1.29 is 31.2 Å². The average molecular weight is 645 g/mol. The van der Waals surface area contributed by atoms with Gasteiger partial charge in [0.15, 0.2) is 0 Å². The summed E-state index contributed by atoms with van der Waals surface area (Å²) in [7, 11) is -4.53. The Hall–Kier alpha value is -3.28. The highest BCUT2D eigenvalue weighted by molar-refractivity contribution is 7.92. The van der Waals surface area contributed by atoms with Crippen LogP contribution in [0.5, 0.6) is 0 Å². The van der Waals surface area contributed by atoms with E-state index >= 15 is 0 Å². The number of halogens is 5. The largest absolute Gasteiger partial charge is 0.416 e. The number of aryl methyl sites for hydroxylation is 1. The van der Waals surface area contributed by atoms with Crippen molar-refractivity contribution in [3.63, 3.8) is 0 Å². The zero-order valence-electron chi connectivity index (χ0n) is 23.1. The van der Waals surface area contributed by atoms with Gasteiger partial charge in [-0.05, 0) is 68.3 Å². The maximum atomic E-state index is 13.9. The van der Waals surface area contributed by atoms with E-state index in [4.69, 9.17) is 23.2 Å². The summed E-state index contributed by atoms with van der Waals surface area (Å²) in [6.45, 7) is 4.31. The fourth-order valence-corrected chi connectivity index (χ4v) is 5.89. The number of alkyl halides is 3. The molecule has 13 heteroatoms. The Morgan fingerprint density at radius 2 is 1.67 bits per heavy atom. The summed E-state index contributed by atoms with van der Waals surface area (Å²) in [4.78, 5) is 27.7. The molecule has 0 radical (unpaired) electrons. The third kappa shape index (κ3) is 8.17. The highest BCUT2D eigenvalue weighted by Crippen LogP contribution is 2.33. The van der Waals surface area contributed by atoms with Crippen LogP contribution in [0.4, 0.5) is 18.9 Å². The second kappa shape index (κ2) is 13.8. The molecule has 3 rings (SSSR count). The van der Waals surface area contributed by atoms with Gasteiger partial charge in [-0.1, -0.05) is 60.0 Å². The van der Waals surface area contributed by atoms with Crippen LogP contribution < -0.4 is 9.62 Å². The Balaban J connectivity index is 2.10. The molecule has 1 N–H and O–H groups in total. The number of carbonyl (C=O) groups is 2. The summed E-state index contributed by atoms with van der Waals surface area (Å²) in [5, 5.41) is 3.26. The van der Waals surface area contributed by atoms with Crippen LogP contribution in [0.2, 0.25) is 10.0 Å². The minimum atomic E-state index is -4.76. The number of nitrogens with zero attached hydrogens (tertiary/aromatic N) is 2. The maximum absolute atomic E-state index is 13.9. The van der Waals surface area contributed by atoms with E-state index in [1.807, 2.05) is 6.92 Å². The number of sulfonamides is 1. The lowest BCUT2D eigenvalue weighted by Gasteiger charge is -2.32. The zero-order chi connectivity index (χ0) is 31.2. The monoisotopic (exact) mass is 643 g/mol. The Bertz CT molecular complexity index is 1530. The molecule has 226 valence electrons. The van der Waals surface area contributed by atoms with Gasteiger partial charge in [-0.3, -0.25) is 13.9 Å². The van der Waals surface area contributed by atoms with E-state index in [1.165, 1.54) is 43.3 Å². The number of hydrogen-bond donors (Lipinski definition) is 1. The molecule has 0 aliphatic carbocycles.